The van der Waals surface area contributed by atoms with Gasteiger partial charge >= 0.3 is 0 Å². The molecule has 4 heteroatoms. The van der Waals surface area contributed by atoms with Crippen molar-refractivity contribution in [2.24, 2.45) is 0 Å². The summed E-state index contributed by atoms with van der Waals surface area (Å²) >= 11 is 1.89. The van der Waals surface area contributed by atoms with Crippen LogP contribution in [-0.2, 0) is 0 Å². The number of para-hydroxylation sites is 4. The van der Waals surface area contributed by atoms with Crippen molar-refractivity contribution < 1.29 is 0 Å². The first-order valence-corrected chi connectivity index (χ1v) is 16.7. The normalized spacial score (nSPS) is 11.8. The molecule has 3 nitrogen and oxygen atoms in total. The van der Waals surface area contributed by atoms with Crippen molar-refractivity contribution in [2.75, 3.05) is 0 Å². The Balaban J connectivity index is 1.15. The van der Waals surface area contributed by atoms with Crippen LogP contribution in [-0.4, -0.2) is 14.1 Å². The van der Waals surface area contributed by atoms with Crippen LogP contribution in [0.15, 0.2) is 164 Å². The fourth-order valence-electron chi connectivity index (χ4n) is 7.19. The predicted molar refractivity (Wildman–Crippen MR) is 199 cm³/mol. The van der Waals surface area contributed by atoms with Gasteiger partial charge in [-0.1, -0.05) is 109 Å². The highest BCUT2D eigenvalue weighted by atomic mass is 32.1. The van der Waals surface area contributed by atoms with Crippen molar-refractivity contribution in [1.82, 2.24) is 14.1 Å². The third-order valence-electron chi connectivity index (χ3n) is 9.34. The Morgan fingerprint density at radius 2 is 1.06 bits per heavy atom. The van der Waals surface area contributed by atoms with E-state index in [0.717, 1.165) is 28.1 Å². The Bertz CT molecular complexity index is 2770. The Hall–Kier alpha value is -5.97. The van der Waals surface area contributed by atoms with Crippen LogP contribution in [0.4, 0.5) is 0 Å². The zero-order chi connectivity index (χ0) is 30.9. The lowest BCUT2D eigenvalue weighted by Crippen LogP contribution is -1.97. The Morgan fingerprint density at radius 1 is 0.426 bits per heavy atom. The fraction of sp³-hybridized carbons (Fsp3) is 0. The molecule has 0 N–H and O–H groups in total. The Morgan fingerprint density at radius 3 is 1.87 bits per heavy atom. The topological polar surface area (TPSA) is 22.8 Å². The van der Waals surface area contributed by atoms with Crippen molar-refractivity contribution in [3.05, 3.63) is 164 Å². The third kappa shape index (κ3) is 4.02. The van der Waals surface area contributed by atoms with E-state index in [0.29, 0.717) is 0 Å². The highest BCUT2D eigenvalue weighted by Gasteiger charge is 2.19. The van der Waals surface area contributed by atoms with Gasteiger partial charge in [0.2, 0.25) is 0 Å². The van der Waals surface area contributed by atoms with E-state index in [1.165, 1.54) is 58.8 Å². The molecular formula is C43H27N3S. The summed E-state index contributed by atoms with van der Waals surface area (Å²) in [6, 6.07) is 58.7. The molecule has 0 aliphatic rings. The van der Waals surface area contributed by atoms with Gasteiger partial charge in [0.05, 0.1) is 22.1 Å². The van der Waals surface area contributed by atoms with E-state index in [-0.39, 0.29) is 0 Å². The molecule has 3 heterocycles. The maximum atomic E-state index is 5.07. The van der Waals surface area contributed by atoms with E-state index in [9.17, 15) is 0 Å². The Labute approximate surface area is 275 Å². The number of imidazole rings is 1. The molecule has 7 aromatic carbocycles. The smallest absolute Gasteiger partial charge is 0.145 e. The van der Waals surface area contributed by atoms with Gasteiger partial charge in [-0.15, -0.1) is 11.3 Å². The molecule has 3 aromatic heterocycles. The molecule has 47 heavy (non-hydrogen) atoms. The van der Waals surface area contributed by atoms with E-state index in [1.54, 1.807) is 0 Å². The average Bonchev–Trinajstić information content (AvgIpc) is 3.82. The molecule has 10 rings (SSSR count). The largest absolute Gasteiger partial charge is 0.309 e. The summed E-state index contributed by atoms with van der Waals surface area (Å²) in [6.45, 7) is 0. The van der Waals surface area contributed by atoms with Gasteiger partial charge in [-0.2, -0.15) is 0 Å². The number of nitrogens with zero attached hydrogens (tertiary/aromatic N) is 3. The molecule has 0 aliphatic heterocycles. The van der Waals surface area contributed by atoms with Crippen LogP contribution in [0.5, 0.6) is 0 Å². The minimum Gasteiger partial charge on any atom is -0.309 e. The number of rotatable bonds is 4. The number of hydrogen-bond acceptors (Lipinski definition) is 2. The summed E-state index contributed by atoms with van der Waals surface area (Å²) in [6.07, 6.45) is 0. The summed E-state index contributed by atoms with van der Waals surface area (Å²) in [5, 5.41) is 5.25. The fourth-order valence-corrected chi connectivity index (χ4v) is 8.45. The molecule has 0 saturated heterocycles. The summed E-state index contributed by atoms with van der Waals surface area (Å²) in [5.74, 6) is 0.941. The highest BCUT2D eigenvalue weighted by Crippen LogP contribution is 2.44. The van der Waals surface area contributed by atoms with Crippen LogP contribution in [0.1, 0.15) is 0 Å². The molecule has 0 saturated carbocycles. The molecule has 10 aromatic rings. The summed E-state index contributed by atoms with van der Waals surface area (Å²) < 4.78 is 7.35. The van der Waals surface area contributed by atoms with Crippen LogP contribution < -0.4 is 0 Å². The first kappa shape index (κ1) is 26.3. The zero-order valence-corrected chi connectivity index (χ0v) is 26.2. The monoisotopic (exact) mass is 617 g/mol. The van der Waals surface area contributed by atoms with Crippen LogP contribution >= 0.6 is 11.3 Å². The molecule has 220 valence electrons. The average molecular weight is 618 g/mol. The lowest BCUT2D eigenvalue weighted by molar-refractivity contribution is 1.10. The molecule has 0 atom stereocenters. The number of benzene rings is 7. The lowest BCUT2D eigenvalue weighted by Gasteiger charge is -2.11. The molecular weight excluding hydrogens is 591 g/mol. The van der Waals surface area contributed by atoms with Crippen molar-refractivity contribution in [3.63, 3.8) is 0 Å². The Kier molecular flexibility index (Phi) is 5.74. The summed E-state index contributed by atoms with van der Waals surface area (Å²) in [7, 11) is 0. The maximum Gasteiger partial charge on any atom is 0.145 e. The minimum absolute atomic E-state index is 0.941. The second-order valence-electron chi connectivity index (χ2n) is 12.0. The number of aromatic nitrogens is 3. The lowest BCUT2D eigenvalue weighted by atomic mass is 10.0. The molecule has 0 aliphatic carbocycles. The molecule has 0 fully saturated rings. The van der Waals surface area contributed by atoms with Crippen LogP contribution in [0.3, 0.4) is 0 Å². The SMILES string of the molecule is c1ccc(-n2c(-c3ccc(-c4ccc5c6c7sc8ccccc8c7ccc6n(-c6ccccc6)c5c4)cc3)nc3ccccc32)cc1. The van der Waals surface area contributed by atoms with Gasteiger partial charge in [-0.25, -0.2) is 4.98 Å². The van der Waals surface area contributed by atoms with Gasteiger partial charge in [0.25, 0.3) is 0 Å². The standard InChI is InChI=1S/C43H27N3S/c1-3-11-31(12-4-1)45-38-26-25-34-33-15-7-10-18-40(33)47-42(34)41(38)35-24-23-30(27-39(35)45)28-19-21-29(22-20-28)43-44-36-16-8-9-17-37(36)46(43)32-13-5-2-6-14-32/h1-27H. The summed E-state index contributed by atoms with van der Waals surface area (Å²) in [4.78, 5) is 5.07. The minimum atomic E-state index is 0.941. The number of thiophene rings is 1. The maximum absolute atomic E-state index is 5.07. The summed E-state index contributed by atoms with van der Waals surface area (Å²) in [5.41, 5.74) is 10.3. The van der Waals surface area contributed by atoms with Crippen molar-refractivity contribution >= 4 is 64.3 Å². The number of fused-ring (bicyclic) bond motifs is 8. The van der Waals surface area contributed by atoms with Crippen molar-refractivity contribution in [1.29, 1.82) is 0 Å². The second kappa shape index (κ2) is 10.3. The highest BCUT2D eigenvalue weighted by molar-refractivity contribution is 7.26. The molecule has 0 unspecified atom stereocenters. The van der Waals surface area contributed by atoms with Crippen LogP contribution in [0, 0.1) is 0 Å². The van der Waals surface area contributed by atoms with Gasteiger partial charge < -0.3 is 4.57 Å². The molecule has 0 bridgehead atoms. The molecule has 0 radical (unpaired) electrons. The molecule has 0 spiro atoms. The first-order valence-electron chi connectivity index (χ1n) is 15.9. The zero-order valence-electron chi connectivity index (χ0n) is 25.3. The first-order chi connectivity index (χ1) is 23.3. The van der Waals surface area contributed by atoms with Crippen molar-refractivity contribution in [2.45, 2.75) is 0 Å². The van der Waals surface area contributed by atoms with E-state index in [2.05, 4.69) is 167 Å². The third-order valence-corrected chi connectivity index (χ3v) is 10.5. The van der Waals surface area contributed by atoms with Crippen LogP contribution in [0.25, 0.3) is 86.9 Å². The predicted octanol–water partition coefficient (Wildman–Crippen LogP) is 11.8. The van der Waals surface area contributed by atoms with E-state index in [1.807, 2.05) is 17.4 Å². The van der Waals surface area contributed by atoms with E-state index in [4.69, 9.17) is 4.98 Å². The van der Waals surface area contributed by atoms with Gasteiger partial charge in [-0.05, 0) is 65.7 Å². The second-order valence-corrected chi connectivity index (χ2v) is 13.1. The molecule has 0 amide bonds. The van der Waals surface area contributed by atoms with Gasteiger partial charge in [0, 0.05) is 47.9 Å². The van der Waals surface area contributed by atoms with Gasteiger partial charge in [0.15, 0.2) is 0 Å². The van der Waals surface area contributed by atoms with Gasteiger partial charge in [-0.3, -0.25) is 4.57 Å². The number of hydrogen-bond donors (Lipinski definition) is 0. The van der Waals surface area contributed by atoms with Crippen LogP contribution in [0.2, 0.25) is 0 Å². The quantitative estimate of drug-likeness (QED) is 0.193. The van der Waals surface area contributed by atoms with E-state index >= 15 is 0 Å². The van der Waals surface area contributed by atoms with E-state index < -0.39 is 0 Å². The van der Waals surface area contributed by atoms with Crippen molar-refractivity contribution in [3.8, 4) is 33.9 Å². The van der Waals surface area contributed by atoms with Gasteiger partial charge in [0.1, 0.15) is 5.82 Å².